The molecule has 1 aromatic rings. The standard InChI is InChI=1S/C21H30F2N4O4.HI/c1-3-24-21(25-14-15-6-7-16(29-2)18(13-15)31-20(22)23)27-10-8-26(9-11-27)19(28)17-5-4-12-30-17;/h6-7,13,17,20H,3-5,8-12,14H2,1-2H3,(H,24,25);1H. The van der Waals surface area contributed by atoms with Crippen molar-refractivity contribution in [1.29, 1.82) is 0 Å². The van der Waals surface area contributed by atoms with Gasteiger partial charge in [-0.3, -0.25) is 4.79 Å². The van der Waals surface area contributed by atoms with Crippen molar-refractivity contribution in [2.75, 3.05) is 46.4 Å². The second-order valence-corrected chi connectivity index (χ2v) is 7.35. The summed E-state index contributed by atoms with van der Waals surface area (Å²) in [5, 5.41) is 3.26. The lowest BCUT2D eigenvalue weighted by atomic mass is 10.2. The number of alkyl halides is 2. The molecule has 180 valence electrons. The summed E-state index contributed by atoms with van der Waals surface area (Å²) in [5.41, 5.74) is 0.721. The lowest BCUT2D eigenvalue weighted by Crippen LogP contribution is -2.55. The van der Waals surface area contributed by atoms with E-state index in [1.807, 2.05) is 11.8 Å². The predicted octanol–water partition coefficient (Wildman–Crippen LogP) is 2.70. The van der Waals surface area contributed by atoms with Gasteiger partial charge in [-0.15, -0.1) is 24.0 Å². The largest absolute Gasteiger partial charge is 0.493 e. The number of nitrogens with one attached hydrogen (secondary N) is 1. The molecule has 11 heteroatoms. The van der Waals surface area contributed by atoms with Crippen LogP contribution in [0.4, 0.5) is 8.78 Å². The fraction of sp³-hybridized carbons (Fsp3) is 0.619. The molecule has 3 rings (SSSR count). The molecule has 2 aliphatic heterocycles. The third-order valence-corrected chi connectivity index (χ3v) is 5.29. The Kier molecular flexibility index (Phi) is 10.7. The summed E-state index contributed by atoms with van der Waals surface area (Å²) in [6.07, 6.45) is 1.43. The molecule has 1 unspecified atom stereocenters. The van der Waals surface area contributed by atoms with Crippen molar-refractivity contribution in [3.8, 4) is 11.5 Å². The molecule has 1 aromatic carbocycles. The molecule has 1 amide bonds. The van der Waals surface area contributed by atoms with E-state index in [2.05, 4.69) is 19.9 Å². The predicted molar refractivity (Wildman–Crippen MR) is 127 cm³/mol. The molecule has 1 N–H and O–H groups in total. The van der Waals surface area contributed by atoms with Crippen LogP contribution in [0.1, 0.15) is 25.3 Å². The number of benzene rings is 1. The van der Waals surface area contributed by atoms with Gasteiger partial charge in [0.25, 0.3) is 5.91 Å². The van der Waals surface area contributed by atoms with Crippen molar-refractivity contribution < 1.29 is 27.8 Å². The number of hydrogen-bond donors (Lipinski definition) is 1. The lowest BCUT2D eigenvalue weighted by molar-refractivity contribution is -0.142. The van der Waals surface area contributed by atoms with Crippen LogP contribution in [-0.2, 0) is 16.1 Å². The molecule has 1 atom stereocenters. The maximum absolute atomic E-state index is 12.7. The zero-order valence-electron chi connectivity index (χ0n) is 18.4. The van der Waals surface area contributed by atoms with Crippen molar-refractivity contribution in [1.82, 2.24) is 15.1 Å². The molecule has 2 heterocycles. The number of carbonyl (C=O) groups excluding carboxylic acids is 1. The molecule has 2 saturated heterocycles. The number of guanidine groups is 1. The van der Waals surface area contributed by atoms with E-state index < -0.39 is 6.61 Å². The Morgan fingerprint density at radius 3 is 2.56 bits per heavy atom. The summed E-state index contributed by atoms with van der Waals surface area (Å²) in [5.74, 6) is 1.02. The van der Waals surface area contributed by atoms with E-state index in [0.717, 1.165) is 24.4 Å². The van der Waals surface area contributed by atoms with Gasteiger partial charge in [-0.2, -0.15) is 8.78 Å². The fourth-order valence-electron chi connectivity index (χ4n) is 3.71. The summed E-state index contributed by atoms with van der Waals surface area (Å²) in [7, 11) is 1.40. The zero-order chi connectivity index (χ0) is 22.2. The smallest absolute Gasteiger partial charge is 0.387 e. The maximum atomic E-state index is 12.7. The van der Waals surface area contributed by atoms with Crippen molar-refractivity contribution in [2.24, 2.45) is 4.99 Å². The third-order valence-electron chi connectivity index (χ3n) is 5.29. The summed E-state index contributed by atoms with van der Waals surface area (Å²) in [6.45, 7) is 3.23. The highest BCUT2D eigenvalue weighted by atomic mass is 127. The van der Waals surface area contributed by atoms with E-state index in [9.17, 15) is 13.6 Å². The number of hydrogen-bond acceptors (Lipinski definition) is 5. The average molecular weight is 568 g/mol. The first-order chi connectivity index (χ1) is 15.0. The number of carbonyl (C=O) groups is 1. The monoisotopic (exact) mass is 568 g/mol. The minimum atomic E-state index is -2.93. The Labute approximate surface area is 204 Å². The molecule has 0 spiro atoms. The highest BCUT2D eigenvalue weighted by Gasteiger charge is 2.30. The summed E-state index contributed by atoms with van der Waals surface area (Å²) in [6, 6.07) is 4.86. The number of nitrogens with zero attached hydrogens (tertiary/aromatic N) is 3. The number of piperazine rings is 1. The Morgan fingerprint density at radius 2 is 1.97 bits per heavy atom. The van der Waals surface area contributed by atoms with Crippen LogP contribution in [0.5, 0.6) is 11.5 Å². The normalized spacial score (nSPS) is 19.0. The van der Waals surface area contributed by atoms with Crippen molar-refractivity contribution >= 4 is 35.8 Å². The van der Waals surface area contributed by atoms with Crippen LogP contribution >= 0.6 is 24.0 Å². The summed E-state index contributed by atoms with van der Waals surface area (Å²) in [4.78, 5) is 21.1. The van der Waals surface area contributed by atoms with Gasteiger partial charge in [0.15, 0.2) is 17.5 Å². The van der Waals surface area contributed by atoms with Gasteiger partial charge < -0.3 is 29.3 Å². The lowest BCUT2D eigenvalue weighted by Gasteiger charge is -2.37. The van der Waals surface area contributed by atoms with Crippen LogP contribution in [0.15, 0.2) is 23.2 Å². The Hall–Kier alpha value is -1.89. The number of rotatable bonds is 7. The number of methoxy groups -OCH3 is 1. The molecule has 2 aliphatic rings. The quantitative estimate of drug-likeness (QED) is 0.310. The molecule has 0 saturated carbocycles. The Morgan fingerprint density at radius 1 is 1.25 bits per heavy atom. The number of aliphatic imine (C=N–C) groups is 1. The second-order valence-electron chi connectivity index (χ2n) is 7.35. The molecule has 2 fully saturated rings. The van der Waals surface area contributed by atoms with Gasteiger partial charge in [-0.25, -0.2) is 4.99 Å². The third kappa shape index (κ3) is 7.06. The van der Waals surface area contributed by atoms with Gasteiger partial charge in [0.2, 0.25) is 0 Å². The van der Waals surface area contributed by atoms with E-state index in [0.29, 0.717) is 45.9 Å². The molecule has 8 nitrogen and oxygen atoms in total. The molecule has 0 bridgehead atoms. The second kappa shape index (κ2) is 13.0. The van der Waals surface area contributed by atoms with Crippen molar-refractivity contribution in [3.05, 3.63) is 23.8 Å². The van der Waals surface area contributed by atoms with E-state index in [4.69, 9.17) is 9.47 Å². The van der Waals surface area contributed by atoms with Gasteiger partial charge in [-0.1, -0.05) is 6.07 Å². The van der Waals surface area contributed by atoms with Crippen LogP contribution in [-0.4, -0.2) is 80.8 Å². The van der Waals surface area contributed by atoms with Crippen LogP contribution in [0.2, 0.25) is 0 Å². The van der Waals surface area contributed by atoms with Crippen LogP contribution in [0.25, 0.3) is 0 Å². The first-order valence-corrected chi connectivity index (χ1v) is 10.6. The Bertz CT molecular complexity index is 770. The van der Waals surface area contributed by atoms with E-state index in [1.54, 1.807) is 12.1 Å². The highest BCUT2D eigenvalue weighted by Crippen LogP contribution is 2.29. The molecular weight excluding hydrogens is 537 g/mol. The van der Waals surface area contributed by atoms with Crippen LogP contribution < -0.4 is 14.8 Å². The SMILES string of the molecule is CCNC(=NCc1ccc(OC)c(OC(F)F)c1)N1CCN(C(=O)C2CCCO2)CC1.I. The fourth-order valence-corrected chi connectivity index (χ4v) is 3.71. The number of ether oxygens (including phenoxy) is 3. The number of halogens is 3. The van der Waals surface area contributed by atoms with Crippen molar-refractivity contribution in [2.45, 2.75) is 39.0 Å². The zero-order valence-corrected chi connectivity index (χ0v) is 20.7. The van der Waals surface area contributed by atoms with Crippen LogP contribution in [0.3, 0.4) is 0 Å². The minimum Gasteiger partial charge on any atom is -0.493 e. The number of amides is 1. The highest BCUT2D eigenvalue weighted by molar-refractivity contribution is 14.0. The first-order valence-electron chi connectivity index (χ1n) is 10.6. The van der Waals surface area contributed by atoms with Gasteiger partial charge >= 0.3 is 6.61 Å². The van der Waals surface area contributed by atoms with Crippen LogP contribution in [0, 0.1) is 0 Å². The topological polar surface area (TPSA) is 75.6 Å². The minimum absolute atomic E-state index is 0. The van der Waals surface area contributed by atoms with Gasteiger partial charge in [0.05, 0.1) is 13.7 Å². The summed E-state index contributed by atoms with van der Waals surface area (Å²) >= 11 is 0. The molecule has 0 aliphatic carbocycles. The first kappa shape index (κ1) is 26.4. The van der Waals surface area contributed by atoms with E-state index in [-0.39, 0.29) is 47.5 Å². The summed E-state index contributed by atoms with van der Waals surface area (Å²) < 4.78 is 40.4. The van der Waals surface area contributed by atoms with Gasteiger partial charge in [-0.05, 0) is 37.5 Å². The molecule has 0 radical (unpaired) electrons. The molecule has 32 heavy (non-hydrogen) atoms. The van der Waals surface area contributed by atoms with E-state index >= 15 is 0 Å². The Balaban J connectivity index is 0.00000363. The maximum Gasteiger partial charge on any atom is 0.387 e. The molecular formula is C21H31F2IN4O4. The van der Waals surface area contributed by atoms with Gasteiger partial charge in [0, 0.05) is 39.3 Å². The molecule has 0 aromatic heterocycles. The van der Waals surface area contributed by atoms with Crippen molar-refractivity contribution in [3.63, 3.8) is 0 Å². The van der Waals surface area contributed by atoms with E-state index in [1.165, 1.54) is 13.2 Å². The van der Waals surface area contributed by atoms with Gasteiger partial charge in [0.1, 0.15) is 6.10 Å². The average Bonchev–Trinajstić information content (AvgIpc) is 3.31.